The van der Waals surface area contributed by atoms with Crippen LogP contribution in [0.15, 0.2) is 55.1 Å². The molecule has 6 nitrogen and oxygen atoms in total. The van der Waals surface area contributed by atoms with E-state index >= 15 is 0 Å². The van der Waals surface area contributed by atoms with Crippen molar-refractivity contribution >= 4 is 28.2 Å². The Morgan fingerprint density at radius 3 is 2.77 bits per heavy atom. The number of imidazole rings is 1. The Hall–Kier alpha value is -3.43. The predicted octanol–water partition coefficient (Wildman–Crippen LogP) is 5.93. The molecule has 178 valence electrons. The van der Waals surface area contributed by atoms with E-state index in [4.69, 9.17) is 11.6 Å². The number of benzene rings is 1. The van der Waals surface area contributed by atoms with Gasteiger partial charge in [0.05, 0.1) is 34.0 Å². The number of aromatic nitrogens is 5. The van der Waals surface area contributed by atoms with Crippen molar-refractivity contribution in [3.8, 4) is 22.4 Å². The van der Waals surface area contributed by atoms with Crippen molar-refractivity contribution in [2.45, 2.75) is 25.6 Å². The quantitative estimate of drug-likeness (QED) is 0.336. The second-order valence-electron chi connectivity index (χ2n) is 8.73. The summed E-state index contributed by atoms with van der Waals surface area (Å²) < 4.78 is 45.1. The zero-order valence-corrected chi connectivity index (χ0v) is 19.4. The first-order valence-electron chi connectivity index (χ1n) is 11.2. The molecular formula is C25H20ClF3N6. The largest absolute Gasteiger partial charge is 0.417 e. The molecule has 5 aromatic rings. The number of hydrogen-bond acceptors (Lipinski definition) is 4. The van der Waals surface area contributed by atoms with Crippen molar-refractivity contribution < 1.29 is 13.2 Å². The summed E-state index contributed by atoms with van der Waals surface area (Å²) in [5.74, 6) is 0. The van der Waals surface area contributed by atoms with Gasteiger partial charge in [0.25, 0.3) is 0 Å². The van der Waals surface area contributed by atoms with E-state index < -0.39 is 11.7 Å². The number of rotatable bonds is 3. The second-order valence-corrected chi connectivity index (χ2v) is 9.13. The fraction of sp³-hybridized carbons (Fsp3) is 0.240. The number of pyridine rings is 2. The Balaban J connectivity index is 1.52. The van der Waals surface area contributed by atoms with E-state index in [0.29, 0.717) is 22.9 Å². The van der Waals surface area contributed by atoms with E-state index in [1.54, 1.807) is 23.7 Å². The molecule has 1 N–H and O–H groups in total. The van der Waals surface area contributed by atoms with E-state index in [2.05, 4.69) is 20.4 Å². The molecular weight excluding hydrogens is 477 g/mol. The van der Waals surface area contributed by atoms with Crippen molar-refractivity contribution in [3.05, 3.63) is 71.4 Å². The molecule has 1 aliphatic rings. The van der Waals surface area contributed by atoms with Gasteiger partial charge in [-0.05, 0) is 44.2 Å². The zero-order valence-electron chi connectivity index (χ0n) is 18.6. The maximum Gasteiger partial charge on any atom is 0.417 e. The lowest BCUT2D eigenvalue weighted by Gasteiger charge is -2.13. The minimum absolute atomic E-state index is 0.00303. The zero-order chi connectivity index (χ0) is 24.3. The maximum atomic E-state index is 13.8. The van der Waals surface area contributed by atoms with Gasteiger partial charge in [0.1, 0.15) is 5.65 Å². The molecule has 5 heterocycles. The van der Waals surface area contributed by atoms with Gasteiger partial charge in [-0.15, -0.1) is 0 Å². The third kappa shape index (κ3) is 3.66. The third-order valence-electron chi connectivity index (χ3n) is 6.59. The number of fused-ring (bicyclic) bond motifs is 3. The van der Waals surface area contributed by atoms with Crippen LogP contribution in [0.4, 0.5) is 13.2 Å². The minimum atomic E-state index is -4.56. The van der Waals surface area contributed by atoms with E-state index in [0.717, 1.165) is 42.1 Å². The fourth-order valence-electron chi connectivity index (χ4n) is 4.77. The average molecular weight is 497 g/mol. The van der Waals surface area contributed by atoms with E-state index in [9.17, 15) is 13.2 Å². The first-order chi connectivity index (χ1) is 16.8. The summed E-state index contributed by atoms with van der Waals surface area (Å²) in [5, 5.41) is 8.60. The maximum absolute atomic E-state index is 13.8. The van der Waals surface area contributed by atoms with Crippen LogP contribution >= 0.6 is 11.6 Å². The van der Waals surface area contributed by atoms with Gasteiger partial charge < -0.3 is 9.72 Å². The van der Waals surface area contributed by atoms with Gasteiger partial charge in [-0.3, -0.25) is 9.67 Å². The van der Waals surface area contributed by atoms with Crippen LogP contribution in [0, 0.1) is 6.92 Å². The highest BCUT2D eigenvalue weighted by atomic mass is 35.5. The smallest absolute Gasteiger partial charge is 0.315 e. The summed E-state index contributed by atoms with van der Waals surface area (Å²) in [6, 6.07) is 7.88. The number of nitrogens with zero attached hydrogens (tertiary/aromatic N) is 5. The molecule has 1 aromatic carbocycles. The molecule has 1 saturated heterocycles. The number of aryl methyl sites for hydroxylation is 1. The predicted molar refractivity (Wildman–Crippen MR) is 128 cm³/mol. The molecule has 1 unspecified atom stereocenters. The molecule has 0 spiro atoms. The van der Waals surface area contributed by atoms with Crippen molar-refractivity contribution in [1.82, 2.24) is 29.5 Å². The van der Waals surface area contributed by atoms with Crippen molar-refractivity contribution in [3.63, 3.8) is 0 Å². The number of halogens is 4. The lowest BCUT2D eigenvalue weighted by Crippen LogP contribution is -2.13. The van der Waals surface area contributed by atoms with Gasteiger partial charge in [-0.25, -0.2) is 4.98 Å². The monoisotopic (exact) mass is 496 g/mol. The molecule has 10 heteroatoms. The molecule has 6 rings (SSSR count). The molecule has 0 saturated carbocycles. The highest BCUT2D eigenvalue weighted by Gasteiger charge is 2.36. The van der Waals surface area contributed by atoms with Gasteiger partial charge in [0.15, 0.2) is 0 Å². The number of nitrogens with one attached hydrogen (secondary N) is 1. The fourth-order valence-corrected chi connectivity index (χ4v) is 5.03. The third-order valence-corrected chi connectivity index (χ3v) is 6.90. The van der Waals surface area contributed by atoms with Gasteiger partial charge in [-0.1, -0.05) is 17.7 Å². The molecule has 0 aliphatic carbocycles. The Bertz CT molecular complexity index is 1580. The molecule has 0 bridgehead atoms. The van der Waals surface area contributed by atoms with E-state index in [1.807, 2.05) is 29.2 Å². The van der Waals surface area contributed by atoms with Gasteiger partial charge in [0.2, 0.25) is 0 Å². The topological polar surface area (TPSA) is 60.0 Å². The van der Waals surface area contributed by atoms with Crippen LogP contribution in [0.2, 0.25) is 5.02 Å². The lowest BCUT2D eigenvalue weighted by atomic mass is 10.0. The molecule has 0 amide bonds. The first-order valence-corrected chi connectivity index (χ1v) is 11.6. The summed E-state index contributed by atoms with van der Waals surface area (Å²) in [7, 11) is 0. The molecule has 1 aliphatic heterocycles. The average Bonchev–Trinajstić information content (AvgIpc) is 3.58. The van der Waals surface area contributed by atoms with Crippen LogP contribution < -0.4 is 5.32 Å². The Labute approximate surface area is 203 Å². The summed E-state index contributed by atoms with van der Waals surface area (Å²) in [4.78, 5) is 9.25. The first kappa shape index (κ1) is 22.1. The Kier molecular flexibility index (Phi) is 5.08. The highest BCUT2D eigenvalue weighted by Crippen LogP contribution is 2.42. The summed E-state index contributed by atoms with van der Waals surface area (Å²) in [6.45, 7) is 3.59. The normalized spacial score (nSPS) is 16.5. The van der Waals surface area contributed by atoms with Gasteiger partial charge in [-0.2, -0.15) is 18.3 Å². The molecule has 1 fully saturated rings. The Morgan fingerprint density at radius 1 is 1.14 bits per heavy atom. The Morgan fingerprint density at radius 2 is 2.00 bits per heavy atom. The molecule has 4 aromatic heterocycles. The van der Waals surface area contributed by atoms with Crippen LogP contribution in [-0.4, -0.2) is 37.2 Å². The van der Waals surface area contributed by atoms with Crippen LogP contribution in [-0.2, 0) is 6.18 Å². The molecule has 0 radical (unpaired) electrons. The summed E-state index contributed by atoms with van der Waals surface area (Å²) in [6.07, 6.45) is 3.82. The molecule has 35 heavy (non-hydrogen) atoms. The van der Waals surface area contributed by atoms with Crippen molar-refractivity contribution in [2.75, 3.05) is 13.1 Å². The SMILES string of the molecule is Cc1c(-c2c(Cl)cccc2C(F)(F)F)nc2c3cc(-c4cnn(C5CCNC5)c4)cnc3ccn12. The number of hydrogen-bond donors (Lipinski definition) is 1. The second kappa shape index (κ2) is 8.07. The number of alkyl halides is 3. The standard InChI is InChI=1S/C25H20ClF3N6/c1-14-23(22-19(25(27,28)29)3-2-4-20(22)26)33-24-18-9-15(10-31-21(18)6-8-34(14)24)16-11-32-35(13-16)17-5-7-30-12-17/h2-4,6,8-11,13,17,30H,5,7,12H2,1H3. The molecule has 1 atom stereocenters. The minimum Gasteiger partial charge on any atom is -0.315 e. The lowest BCUT2D eigenvalue weighted by molar-refractivity contribution is -0.137. The van der Waals surface area contributed by atoms with Crippen molar-refractivity contribution in [2.24, 2.45) is 0 Å². The van der Waals surface area contributed by atoms with Crippen molar-refractivity contribution in [1.29, 1.82) is 0 Å². The summed E-state index contributed by atoms with van der Waals surface area (Å²) in [5.41, 5.74) is 2.82. The highest BCUT2D eigenvalue weighted by molar-refractivity contribution is 6.33. The van der Waals surface area contributed by atoms with Gasteiger partial charge >= 0.3 is 6.18 Å². The van der Waals surface area contributed by atoms with Crippen LogP contribution in [0.5, 0.6) is 0 Å². The van der Waals surface area contributed by atoms with E-state index in [1.165, 1.54) is 12.1 Å². The van der Waals surface area contributed by atoms with Gasteiger partial charge in [0, 0.05) is 52.9 Å². The summed E-state index contributed by atoms with van der Waals surface area (Å²) >= 11 is 6.27. The van der Waals surface area contributed by atoms with E-state index in [-0.39, 0.29) is 16.3 Å². The van der Waals surface area contributed by atoms with Crippen LogP contribution in [0.3, 0.4) is 0 Å². The van der Waals surface area contributed by atoms with Crippen LogP contribution in [0.1, 0.15) is 23.7 Å². The van der Waals surface area contributed by atoms with Crippen LogP contribution in [0.25, 0.3) is 38.9 Å².